The first-order chi connectivity index (χ1) is 14.3. The van der Waals surface area contributed by atoms with E-state index in [0.717, 1.165) is 32.6 Å². The van der Waals surface area contributed by atoms with Gasteiger partial charge in [-0.05, 0) is 56.4 Å². The minimum atomic E-state index is 1.08. The molecule has 1 aliphatic carbocycles. The van der Waals surface area contributed by atoms with Crippen molar-refractivity contribution in [1.29, 1.82) is 0 Å². The topological polar surface area (TPSA) is 19.4 Å². The Morgan fingerprint density at radius 2 is 1.41 bits per heavy atom. The van der Waals surface area contributed by atoms with E-state index in [1.807, 2.05) is 0 Å². The van der Waals surface area contributed by atoms with Crippen LogP contribution < -0.4 is 9.80 Å². The Bertz CT molecular complexity index is 985. The minimum Gasteiger partial charge on any atom is -0.368 e. The summed E-state index contributed by atoms with van der Waals surface area (Å²) in [4.78, 5) is 10.3. The molecular formula is C26H31N3. The third kappa shape index (κ3) is 3.71. The molecule has 1 aliphatic heterocycles. The van der Waals surface area contributed by atoms with Gasteiger partial charge in [-0.25, -0.2) is 0 Å². The van der Waals surface area contributed by atoms with Crippen LogP contribution in [0.1, 0.15) is 42.5 Å². The first-order valence-electron chi connectivity index (χ1n) is 11.3. The van der Waals surface area contributed by atoms with Gasteiger partial charge >= 0.3 is 0 Å². The van der Waals surface area contributed by atoms with Crippen LogP contribution in [0, 0.1) is 6.92 Å². The van der Waals surface area contributed by atoms with Crippen molar-refractivity contribution in [2.45, 2.75) is 45.4 Å². The summed E-state index contributed by atoms with van der Waals surface area (Å²) in [5.74, 6) is 0. The summed E-state index contributed by atoms with van der Waals surface area (Å²) < 4.78 is 0. The molecule has 2 heterocycles. The summed E-state index contributed by atoms with van der Waals surface area (Å²) in [6.07, 6.45) is 7.59. The summed E-state index contributed by atoms with van der Waals surface area (Å²) in [5.41, 5.74) is 8.23. The molecule has 2 aliphatic rings. The lowest BCUT2D eigenvalue weighted by atomic mass is 9.93. The van der Waals surface area contributed by atoms with Gasteiger partial charge in [0.25, 0.3) is 0 Å². The minimum absolute atomic E-state index is 1.08. The van der Waals surface area contributed by atoms with Crippen molar-refractivity contribution >= 4 is 22.3 Å². The van der Waals surface area contributed by atoms with E-state index in [-0.39, 0.29) is 0 Å². The zero-order valence-electron chi connectivity index (χ0n) is 17.5. The number of aromatic nitrogens is 1. The standard InChI is InChI=1S/C26H31N3/c1-20-12-14-21(15-13-20)28-16-18-29(19-17-28)26-22-8-4-2-3-5-10-24(22)27-25-11-7-6-9-23(25)26/h6-7,9,11-15H,2-5,8,10,16-19H2,1H3. The first kappa shape index (κ1) is 18.5. The fourth-order valence-corrected chi connectivity index (χ4v) is 5.01. The fourth-order valence-electron chi connectivity index (χ4n) is 5.01. The van der Waals surface area contributed by atoms with Crippen LogP contribution in [-0.2, 0) is 12.8 Å². The highest BCUT2D eigenvalue weighted by molar-refractivity contribution is 5.94. The molecule has 0 atom stereocenters. The van der Waals surface area contributed by atoms with Crippen LogP contribution in [0.4, 0.5) is 11.4 Å². The number of nitrogens with zero attached hydrogens (tertiary/aromatic N) is 3. The van der Waals surface area contributed by atoms with Gasteiger partial charge in [0.2, 0.25) is 0 Å². The van der Waals surface area contributed by atoms with E-state index in [4.69, 9.17) is 4.98 Å². The van der Waals surface area contributed by atoms with Crippen LogP contribution in [0.5, 0.6) is 0 Å². The van der Waals surface area contributed by atoms with Gasteiger partial charge in [0, 0.05) is 42.9 Å². The highest BCUT2D eigenvalue weighted by atomic mass is 15.3. The van der Waals surface area contributed by atoms with Crippen molar-refractivity contribution in [2.24, 2.45) is 0 Å². The normalized spacial score (nSPS) is 17.7. The average Bonchev–Trinajstić information content (AvgIpc) is 2.74. The van der Waals surface area contributed by atoms with Crippen molar-refractivity contribution in [1.82, 2.24) is 4.98 Å². The van der Waals surface area contributed by atoms with Gasteiger partial charge in [-0.1, -0.05) is 48.7 Å². The van der Waals surface area contributed by atoms with Crippen molar-refractivity contribution in [3.05, 3.63) is 65.4 Å². The molecule has 0 saturated carbocycles. The zero-order valence-corrected chi connectivity index (χ0v) is 17.5. The second-order valence-electron chi connectivity index (χ2n) is 8.63. The maximum absolute atomic E-state index is 5.11. The van der Waals surface area contributed by atoms with Gasteiger partial charge in [0.15, 0.2) is 0 Å². The van der Waals surface area contributed by atoms with Crippen molar-refractivity contribution < 1.29 is 0 Å². The lowest BCUT2D eigenvalue weighted by Gasteiger charge is -2.39. The van der Waals surface area contributed by atoms with E-state index < -0.39 is 0 Å². The fraction of sp³-hybridized carbons (Fsp3) is 0.423. The summed E-state index contributed by atoms with van der Waals surface area (Å²) in [6.45, 7) is 6.47. The number of para-hydroxylation sites is 1. The molecule has 3 heteroatoms. The highest BCUT2D eigenvalue weighted by Gasteiger charge is 2.24. The monoisotopic (exact) mass is 385 g/mol. The second-order valence-corrected chi connectivity index (χ2v) is 8.63. The molecule has 5 rings (SSSR count). The number of fused-ring (bicyclic) bond motifs is 2. The third-order valence-corrected chi connectivity index (χ3v) is 6.63. The van der Waals surface area contributed by atoms with Crippen LogP contribution in [0.3, 0.4) is 0 Å². The molecule has 3 aromatic rings. The number of pyridine rings is 1. The zero-order chi connectivity index (χ0) is 19.6. The van der Waals surface area contributed by atoms with Gasteiger partial charge in [-0.3, -0.25) is 4.98 Å². The maximum atomic E-state index is 5.11. The molecule has 0 bridgehead atoms. The van der Waals surface area contributed by atoms with Crippen LogP contribution >= 0.6 is 0 Å². The number of anilines is 2. The molecular weight excluding hydrogens is 354 g/mol. The molecule has 1 fully saturated rings. The van der Waals surface area contributed by atoms with E-state index in [1.165, 1.54) is 71.2 Å². The Labute approximate surface area is 174 Å². The average molecular weight is 386 g/mol. The van der Waals surface area contributed by atoms with Gasteiger partial charge in [0.05, 0.1) is 11.2 Å². The molecule has 0 spiro atoms. The third-order valence-electron chi connectivity index (χ3n) is 6.63. The molecule has 1 saturated heterocycles. The molecule has 0 amide bonds. The number of hydrogen-bond donors (Lipinski definition) is 0. The lowest BCUT2D eigenvalue weighted by molar-refractivity contribution is 0.604. The quantitative estimate of drug-likeness (QED) is 0.578. The summed E-state index contributed by atoms with van der Waals surface area (Å²) in [6, 6.07) is 17.8. The summed E-state index contributed by atoms with van der Waals surface area (Å²) in [5, 5.41) is 1.34. The molecule has 1 aromatic heterocycles. The van der Waals surface area contributed by atoms with Crippen LogP contribution in [0.15, 0.2) is 48.5 Å². The second kappa shape index (κ2) is 8.06. The van der Waals surface area contributed by atoms with Gasteiger partial charge in [-0.2, -0.15) is 0 Å². The predicted octanol–water partition coefficient (Wildman–Crippen LogP) is 5.53. The van der Waals surface area contributed by atoms with Crippen molar-refractivity contribution in [2.75, 3.05) is 36.0 Å². The number of piperazine rings is 1. The maximum Gasteiger partial charge on any atom is 0.0726 e. The Hall–Kier alpha value is -2.55. The van der Waals surface area contributed by atoms with E-state index in [0.29, 0.717) is 0 Å². The number of benzene rings is 2. The van der Waals surface area contributed by atoms with Crippen molar-refractivity contribution in [3.8, 4) is 0 Å². The molecule has 29 heavy (non-hydrogen) atoms. The van der Waals surface area contributed by atoms with E-state index in [9.17, 15) is 0 Å². The van der Waals surface area contributed by atoms with E-state index in [1.54, 1.807) is 0 Å². The van der Waals surface area contributed by atoms with Gasteiger partial charge in [0.1, 0.15) is 0 Å². The van der Waals surface area contributed by atoms with Gasteiger partial charge in [-0.15, -0.1) is 0 Å². The largest absolute Gasteiger partial charge is 0.368 e. The van der Waals surface area contributed by atoms with Gasteiger partial charge < -0.3 is 9.80 Å². The SMILES string of the molecule is Cc1ccc(N2CCN(c3c4c(nc5ccccc35)CCCCCC4)CC2)cc1. The Morgan fingerprint density at radius 1 is 0.724 bits per heavy atom. The first-order valence-corrected chi connectivity index (χ1v) is 11.3. The van der Waals surface area contributed by atoms with Crippen LogP contribution in [-0.4, -0.2) is 31.2 Å². The van der Waals surface area contributed by atoms with E-state index in [2.05, 4.69) is 65.3 Å². The smallest absolute Gasteiger partial charge is 0.0726 e. The molecule has 2 aromatic carbocycles. The highest BCUT2D eigenvalue weighted by Crippen LogP contribution is 2.36. The van der Waals surface area contributed by atoms with Crippen LogP contribution in [0.2, 0.25) is 0 Å². The van der Waals surface area contributed by atoms with Crippen molar-refractivity contribution in [3.63, 3.8) is 0 Å². The molecule has 3 nitrogen and oxygen atoms in total. The molecule has 0 unspecified atom stereocenters. The molecule has 0 radical (unpaired) electrons. The number of hydrogen-bond acceptors (Lipinski definition) is 3. The Balaban J connectivity index is 1.48. The Kier molecular flexibility index (Phi) is 5.13. The number of rotatable bonds is 2. The Morgan fingerprint density at radius 3 is 2.21 bits per heavy atom. The lowest BCUT2D eigenvalue weighted by Crippen LogP contribution is -2.47. The predicted molar refractivity (Wildman–Crippen MR) is 123 cm³/mol. The van der Waals surface area contributed by atoms with E-state index >= 15 is 0 Å². The summed E-state index contributed by atoms with van der Waals surface area (Å²) >= 11 is 0. The van der Waals surface area contributed by atoms with Crippen LogP contribution in [0.25, 0.3) is 10.9 Å². The molecule has 150 valence electrons. The molecule has 0 N–H and O–H groups in total. The number of aryl methyl sites for hydroxylation is 2. The summed E-state index contributed by atoms with van der Waals surface area (Å²) in [7, 11) is 0.